The van der Waals surface area contributed by atoms with E-state index in [-0.39, 0.29) is 64.2 Å². The van der Waals surface area contributed by atoms with E-state index in [2.05, 4.69) is 17.6 Å². The highest BCUT2D eigenvalue weighted by Crippen LogP contribution is 2.49. The molecule has 0 aliphatic heterocycles. The third-order valence-corrected chi connectivity index (χ3v) is 10.2. The molecule has 0 heterocycles. The van der Waals surface area contributed by atoms with Crippen LogP contribution in [-0.4, -0.2) is 43.5 Å². The number of carbonyl (C=O) groups is 3. The summed E-state index contributed by atoms with van der Waals surface area (Å²) in [7, 11) is 1.40. The van der Waals surface area contributed by atoms with Crippen molar-refractivity contribution in [2.24, 2.45) is 34.3 Å². The number of hydrogen-bond acceptors (Lipinski definition) is 5. The number of rotatable bonds is 9. The Morgan fingerprint density at radius 1 is 1.03 bits per heavy atom. The van der Waals surface area contributed by atoms with Gasteiger partial charge in [0.15, 0.2) is 11.6 Å². The molecule has 8 nitrogen and oxygen atoms in total. The van der Waals surface area contributed by atoms with Crippen LogP contribution < -0.4 is 25.8 Å². The maximum Gasteiger partial charge on any atom is 0.255 e. The van der Waals surface area contributed by atoms with Crippen LogP contribution in [0.5, 0.6) is 11.5 Å². The topological polar surface area (TPSA) is 120 Å². The van der Waals surface area contributed by atoms with E-state index in [4.69, 9.17) is 15.2 Å². The fourth-order valence-corrected chi connectivity index (χ4v) is 7.22. The van der Waals surface area contributed by atoms with E-state index in [0.29, 0.717) is 32.2 Å². The number of amides is 3. The van der Waals surface area contributed by atoms with Gasteiger partial charge in [-0.2, -0.15) is 0 Å². The molecule has 4 saturated carbocycles. The van der Waals surface area contributed by atoms with E-state index in [1.54, 1.807) is 0 Å². The highest BCUT2D eigenvalue weighted by Gasteiger charge is 2.51. The van der Waals surface area contributed by atoms with Crippen LogP contribution >= 0.6 is 0 Å². The van der Waals surface area contributed by atoms with E-state index in [1.165, 1.54) is 25.7 Å². The van der Waals surface area contributed by atoms with Crippen molar-refractivity contribution >= 4 is 17.7 Å². The highest BCUT2D eigenvalue weighted by atomic mass is 19.1. The van der Waals surface area contributed by atoms with Crippen LogP contribution in [0.15, 0.2) is 12.1 Å². The molecule has 39 heavy (non-hydrogen) atoms. The molecule has 0 spiro atoms. The van der Waals surface area contributed by atoms with Crippen molar-refractivity contribution < 1.29 is 28.2 Å². The van der Waals surface area contributed by atoms with Gasteiger partial charge in [0.2, 0.25) is 11.8 Å². The molecule has 4 aliphatic carbocycles. The number of benzene rings is 1. The average Bonchev–Trinajstić information content (AvgIpc) is 3.50. The average molecular weight is 544 g/mol. The maximum atomic E-state index is 15.0. The number of carbonyl (C=O) groups excluding carboxylic acids is 3. The van der Waals surface area contributed by atoms with Gasteiger partial charge >= 0.3 is 0 Å². The summed E-state index contributed by atoms with van der Waals surface area (Å²) in [5.41, 5.74) is 5.33. The van der Waals surface area contributed by atoms with Crippen molar-refractivity contribution in [1.82, 2.24) is 10.6 Å². The fraction of sp³-hybridized carbons (Fsp3) is 0.700. The molecule has 1 aromatic rings. The van der Waals surface area contributed by atoms with Gasteiger partial charge in [0.1, 0.15) is 5.75 Å². The molecule has 4 unspecified atom stereocenters. The van der Waals surface area contributed by atoms with Gasteiger partial charge in [-0.15, -0.1) is 0 Å². The summed E-state index contributed by atoms with van der Waals surface area (Å²) in [6.45, 7) is 4.73. The summed E-state index contributed by atoms with van der Waals surface area (Å²) < 4.78 is 26.3. The maximum absolute atomic E-state index is 15.0. The molecule has 2 bridgehead atoms. The number of nitrogens with two attached hydrogens (primary N) is 1. The van der Waals surface area contributed by atoms with Gasteiger partial charge in [-0.25, -0.2) is 4.39 Å². The summed E-state index contributed by atoms with van der Waals surface area (Å²) in [5.74, 6) is -0.985. The van der Waals surface area contributed by atoms with Gasteiger partial charge in [0.05, 0.1) is 24.7 Å². The minimum atomic E-state index is -0.617. The van der Waals surface area contributed by atoms with E-state index in [1.807, 2.05) is 6.92 Å². The molecule has 4 aliphatic rings. The normalized spacial score (nSPS) is 32.7. The van der Waals surface area contributed by atoms with Gasteiger partial charge in [0.25, 0.3) is 5.91 Å². The molecule has 5 rings (SSSR count). The van der Waals surface area contributed by atoms with E-state index in [0.717, 1.165) is 32.1 Å². The smallest absolute Gasteiger partial charge is 0.255 e. The molecule has 0 radical (unpaired) electrons. The lowest BCUT2D eigenvalue weighted by molar-refractivity contribution is -0.129. The SMILES string of the molecule is COc1cc(F)c(OC2CCC(C)(C(N)=O)CC2)cc1C(=O)NC1C2CCC(C2)C1C(=O)NCC1(C)CCC1. The van der Waals surface area contributed by atoms with Crippen LogP contribution in [0.3, 0.4) is 0 Å². The Bertz CT molecular complexity index is 1130. The Kier molecular flexibility index (Phi) is 7.55. The zero-order valence-corrected chi connectivity index (χ0v) is 23.3. The molecule has 4 N–H and O–H groups in total. The lowest BCUT2D eigenvalue weighted by Crippen LogP contribution is -2.51. The predicted octanol–water partition coefficient (Wildman–Crippen LogP) is 4.10. The van der Waals surface area contributed by atoms with Crippen LogP contribution in [0, 0.1) is 34.4 Å². The minimum absolute atomic E-state index is 0.0235. The van der Waals surface area contributed by atoms with E-state index < -0.39 is 17.1 Å². The number of nitrogens with one attached hydrogen (secondary N) is 2. The summed E-state index contributed by atoms with van der Waals surface area (Å²) in [6.07, 6.45) is 8.34. The van der Waals surface area contributed by atoms with Gasteiger partial charge in [-0.05, 0) is 81.1 Å². The van der Waals surface area contributed by atoms with Crippen LogP contribution in [0.2, 0.25) is 0 Å². The summed E-state index contributed by atoms with van der Waals surface area (Å²) in [5, 5.41) is 6.30. The first-order chi connectivity index (χ1) is 18.5. The number of halogens is 1. The van der Waals surface area contributed by atoms with Gasteiger partial charge in [-0.1, -0.05) is 20.3 Å². The molecule has 3 amide bonds. The van der Waals surface area contributed by atoms with Crippen molar-refractivity contribution in [3.63, 3.8) is 0 Å². The molecule has 4 fully saturated rings. The summed E-state index contributed by atoms with van der Waals surface area (Å²) in [4.78, 5) is 38.6. The minimum Gasteiger partial charge on any atom is -0.496 e. The van der Waals surface area contributed by atoms with Crippen LogP contribution in [-0.2, 0) is 9.59 Å². The van der Waals surface area contributed by atoms with Crippen molar-refractivity contribution in [2.75, 3.05) is 13.7 Å². The van der Waals surface area contributed by atoms with Crippen molar-refractivity contribution in [1.29, 1.82) is 0 Å². The van der Waals surface area contributed by atoms with Gasteiger partial charge in [-0.3, -0.25) is 14.4 Å². The van der Waals surface area contributed by atoms with Crippen LogP contribution in [0.1, 0.15) is 88.4 Å². The number of methoxy groups -OCH3 is 1. The molecule has 214 valence electrons. The molecule has 9 heteroatoms. The van der Waals surface area contributed by atoms with E-state index >= 15 is 0 Å². The summed E-state index contributed by atoms with van der Waals surface area (Å²) >= 11 is 0. The Balaban J connectivity index is 1.28. The molecule has 0 saturated heterocycles. The third-order valence-electron chi connectivity index (χ3n) is 10.2. The highest BCUT2D eigenvalue weighted by molar-refractivity contribution is 5.98. The second-order valence-corrected chi connectivity index (χ2v) is 13.0. The Morgan fingerprint density at radius 2 is 1.72 bits per heavy atom. The number of fused-ring (bicyclic) bond motifs is 2. The van der Waals surface area contributed by atoms with Crippen LogP contribution in [0.4, 0.5) is 4.39 Å². The molecular formula is C30H42FN3O5. The Labute approximate surface area is 229 Å². The first kappa shape index (κ1) is 27.7. The standard InChI is InChI=1S/C30H42FN3O5/c1-29(9-4-10-29)16-33-27(36)24-17-5-6-18(13-17)25(24)34-26(35)20-14-23(21(31)15-22(20)38-3)39-19-7-11-30(2,12-8-19)28(32)37/h14-15,17-19,24-25H,4-13,16H2,1-3H3,(H2,32,37)(H,33,36)(H,34,35). The van der Waals surface area contributed by atoms with Crippen LogP contribution in [0.25, 0.3) is 0 Å². The first-order valence-corrected chi connectivity index (χ1v) is 14.4. The number of ether oxygens (including phenoxy) is 2. The lowest BCUT2D eigenvalue weighted by atomic mass is 9.70. The summed E-state index contributed by atoms with van der Waals surface area (Å²) in [6, 6.07) is 2.30. The van der Waals surface area contributed by atoms with Crippen molar-refractivity contribution in [3.8, 4) is 11.5 Å². The van der Waals surface area contributed by atoms with Gasteiger partial charge < -0.3 is 25.8 Å². The van der Waals surface area contributed by atoms with Crippen molar-refractivity contribution in [2.45, 2.75) is 90.2 Å². The molecule has 4 atom stereocenters. The molecular weight excluding hydrogens is 501 g/mol. The van der Waals surface area contributed by atoms with E-state index in [9.17, 15) is 18.8 Å². The predicted molar refractivity (Wildman–Crippen MR) is 144 cm³/mol. The third kappa shape index (κ3) is 5.46. The largest absolute Gasteiger partial charge is 0.496 e. The lowest BCUT2D eigenvalue weighted by Gasteiger charge is -2.39. The second kappa shape index (κ2) is 10.6. The Morgan fingerprint density at radius 3 is 2.33 bits per heavy atom. The zero-order chi connectivity index (χ0) is 27.9. The first-order valence-electron chi connectivity index (χ1n) is 14.4. The number of hydrogen-bond donors (Lipinski definition) is 3. The molecule has 0 aromatic heterocycles. The fourth-order valence-electron chi connectivity index (χ4n) is 7.22. The van der Waals surface area contributed by atoms with Crippen molar-refractivity contribution in [3.05, 3.63) is 23.5 Å². The quantitative estimate of drug-likeness (QED) is 0.433. The Hall–Kier alpha value is -2.84. The zero-order valence-electron chi connectivity index (χ0n) is 23.3. The monoisotopic (exact) mass is 543 g/mol. The number of primary amides is 1. The molecule has 1 aromatic carbocycles. The van der Waals surface area contributed by atoms with Gasteiger partial charge in [0, 0.05) is 24.1 Å². The second-order valence-electron chi connectivity index (χ2n) is 13.0.